The van der Waals surface area contributed by atoms with E-state index in [1.54, 1.807) is 11.2 Å². The van der Waals surface area contributed by atoms with Crippen LogP contribution in [0, 0.1) is 6.92 Å². The van der Waals surface area contributed by atoms with Crippen molar-refractivity contribution < 1.29 is 0 Å². The summed E-state index contributed by atoms with van der Waals surface area (Å²) >= 11 is 0. The monoisotopic (exact) mass is 241 g/mol. The molecule has 0 saturated carbocycles. The Morgan fingerprint density at radius 1 is 1.22 bits per heavy atom. The van der Waals surface area contributed by atoms with Gasteiger partial charge in [0.15, 0.2) is 5.82 Å². The molecule has 92 valence electrons. The van der Waals surface area contributed by atoms with Gasteiger partial charge in [0.2, 0.25) is 0 Å². The first-order valence-corrected chi connectivity index (χ1v) is 5.89. The Bertz CT molecular complexity index is 583. The van der Waals surface area contributed by atoms with Crippen molar-refractivity contribution in [3.63, 3.8) is 0 Å². The van der Waals surface area contributed by atoms with E-state index in [4.69, 9.17) is 5.84 Å². The van der Waals surface area contributed by atoms with Gasteiger partial charge in [-0.3, -0.25) is 5.01 Å². The normalized spacial score (nSPS) is 18.1. The van der Waals surface area contributed by atoms with Crippen molar-refractivity contribution in [3.8, 4) is 0 Å². The van der Waals surface area contributed by atoms with Crippen molar-refractivity contribution in [2.45, 2.75) is 20.0 Å². The van der Waals surface area contributed by atoms with E-state index in [0.717, 1.165) is 17.2 Å². The lowest BCUT2D eigenvalue weighted by Crippen LogP contribution is -2.43. The molecule has 0 bridgehead atoms. The number of anilines is 3. The van der Waals surface area contributed by atoms with Gasteiger partial charge in [0, 0.05) is 5.69 Å². The second kappa shape index (κ2) is 3.96. The highest BCUT2D eigenvalue weighted by Crippen LogP contribution is 2.41. The first-order valence-electron chi connectivity index (χ1n) is 5.89. The third kappa shape index (κ3) is 1.44. The van der Waals surface area contributed by atoms with Crippen molar-refractivity contribution in [1.82, 2.24) is 9.97 Å². The number of aromatic nitrogens is 2. The van der Waals surface area contributed by atoms with Crippen LogP contribution in [0.1, 0.15) is 12.5 Å². The molecule has 0 radical (unpaired) electrons. The molecule has 1 aliphatic heterocycles. The fourth-order valence-electron chi connectivity index (χ4n) is 2.35. The van der Waals surface area contributed by atoms with Gasteiger partial charge in [0.1, 0.15) is 18.2 Å². The van der Waals surface area contributed by atoms with Crippen LogP contribution in [0.3, 0.4) is 0 Å². The zero-order valence-electron chi connectivity index (χ0n) is 10.4. The minimum Gasteiger partial charge on any atom is -0.315 e. The summed E-state index contributed by atoms with van der Waals surface area (Å²) in [7, 11) is 0. The van der Waals surface area contributed by atoms with Gasteiger partial charge in [0.05, 0.1) is 6.20 Å². The molecule has 2 aromatic rings. The third-order valence-corrected chi connectivity index (χ3v) is 3.33. The molecule has 1 aromatic carbocycles. The molecule has 18 heavy (non-hydrogen) atoms. The number of nitrogens with two attached hydrogens (primary N) is 1. The Morgan fingerprint density at radius 2 is 2.00 bits per heavy atom. The molecule has 1 aromatic heterocycles. The Morgan fingerprint density at radius 3 is 2.78 bits per heavy atom. The fourth-order valence-corrected chi connectivity index (χ4v) is 2.35. The van der Waals surface area contributed by atoms with Crippen LogP contribution in [0.25, 0.3) is 0 Å². The van der Waals surface area contributed by atoms with Crippen LogP contribution in [0.5, 0.6) is 0 Å². The summed E-state index contributed by atoms with van der Waals surface area (Å²) < 4.78 is 0. The Labute approximate surface area is 106 Å². The quantitative estimate of drug-likeness (QED) is 0.773. The lowest BCUT2D eigenvalue weighted by Gasteiger charge is -2.27. The summed E-state index contributed by atoms with van der Waals surface area (Å²) in [6.45, 7) is 4.14. The number of fused-ring (bicyclic) bond motifs is 1. The highest BCUT2D eigenvalue weighted by Gasteiger charge is 2.34. The van der Waals surface area contributed by atoms with Crippen molar-refractivity contribution in [1.29, 1.82) is 0 Å². The molecule has 0 saturated heterocycles. The van der Waals surface area contributed by atoms with Gasteiger partial charge in [-0.05, 0) is 25.5 Å². The van der Waals surface area contributed by atoms with Crippen LogP contribution in [0.4, 0.5) is 17.2 Å². The Kier molecular flexibility index (Phi) is 2.41. The first kappa shape index (κ1) is 11.0. The predicted molar refractivity (Wildman–Crippen MR) is 71.5 cm³/mol. The highest BCUT2D eigenvalue weighted by molar-refractivity contribution is 5.80. The Balaban J connectivity index is 2.16. The SMILES string of the molecule is Cc1ccccc1N1c2cncnc2N(N)[C@@H]1C. The average molecular weight is 241 g/mol. The van der Waals surface area contributed by atoms with Crippen molar-refractivity contribution >= 4 is 17.2 Å². The highest BCUT2D eigenvalue weighted by atomic mass is 15.6. The number of nitrogens with zero attached hydrogens (tertiary/aromatic N) is 4. The van der Waals surface area contributed by atoms with Gasteiger partial charge in [-0.2, -0.15) is 0 Å². The Hall–Kier alpha value is -2.14. The van der Waals surface area contributed by atoms with E-state index in [1.807, 2.05) is 19.1 Å². The number of para-hydroxylation sites is 1. The van der Waals surface area contributed by atoms with E-state index in [0.29, 0.717) is 0 Å². The van der Waals surface area contributed by atoms with E-state index in [9.17, 15) is 0 Å². The molecule has 0 spiro atoms. The molecule has 0 aliphatic carbocycles. The lowest BCUT2D eigenvalue weighted by molar-refractivity contribution is 0.692. The van der Waals surface area contributed by atoms with Crippen LogP contribution >= 0.6 is 0 Å². The maximum Gasteiger partial charge on any atom is 0.171 e. The van der Waals surface area contributed by atoms with Gasteiger partial charge in [0.25, 0.3) is 0 Å². The third-order valence-electron chi connectivity index (χ3n) is 3.33. The zero-order chi connectivity index (χ0) is 12.7. The molecular weight excluding hydrogens is 226 g/mol. The summed E-state index contributed by atoms with van der Waals surface area (Å²) in [5, 5.41) is 1.67. The smallest absolute Gasteiger partial charge is 0.171 e. The van der Waals surface area contributed by atoms with Gasteiger partial charge < -0.3 is 4.90 Å². The molecule has 0 amide bonds. The molecule has 2 heterocycles. The molecule has 5 heteroatoms. The molecule has 0 fully saturated rings. The lowest BCUT2D eigenvalue weighted by atomic mass is 10.1. The summed E-state index contributed by atoms with van der Waals surface area (Å²) in [5.74, 6) is 6.83. The second-order valence-electron chi connectivity index (χ2n) is 4.43. The number of rotatable bonds is 1. The predicted octanol–water partition coefficient (Wildman–Crippen LogP) is 1.96. The summed E-state index contributed by atoms with van der Waals surface area (Å²) in [6.07, 6.45) is 3.35. The number of aryl methyl sites for hydroxylation is 1. The maximum absolute atomic E-state index is 6.07. The minimum absolute atomic E-state index is 0.0257. The topological polar surface area (TPSA) is 58.3 Å². The number of hydrogen-bond donors (Lipinski definition) is 1. The van der Waals surface area contributed by atoms with E-state index in [1.165, 1.54) is 11.9 Å². The van der Waals surface area contributed by atoms with E-state index in [-0.39, 0.29) is 6.17 Å². The van der Waals surface area contributed by atoms with Crippen molar-refractivity contribution in [2.75, 3.05) is 9.91 Å². The van der Waals surface area contributed by atoms with Crippen LogP contribution in [-0.2, 0) is 0 Å². The molecular formula is C13H15N5. The summed E-state index contributed by atoms with van der Waals surface area (Å²) in [4.78, 5) is 10.5. The second-order valence-corrected chi connectivity index (χ2v) is 4.43. The molecule has 2 N–H and O–H groups in total. The number of benzene rings is 1. The van der Waals surface area contributed by atoms with Crippen LogP contribution < -0.4 is 15.8 Å². The standard InChI is InChI=1S/C13H15N5/c1-9-5-3-4-6-11(9)17-10(2)18(14)13-12(17)7-15-8-16-13/h3-8,10H,14H2,1-2H3/t10-/m1/s1. The van der Waals surface area contributed by atoms with Crippen molar-refractivity contribution in [3.05, 3.63) is 42.4 Å². The van der Waals surface area contributed by atoms with E-state index < -0.39 is 0 Å². The maximum atomic E-state index is 6.07. The molecule has 5 nitrogen and oxygen atoms in total. The fraction of sp³-hybridized carbons (Fsp3) is 0.231. The molecule has 0 unspecified atom stereocenters. The van der Waals surface area contributed by atoms with Crippen LogP contribution in [-0.4, -0.2) is 16.1 Å². The van der Waals surface area contributed by atoms with Gasteiger partial charge in [-0.15, -0.1) is 0 Å². The average Bonchev–Trinajstić information content (AvgIpc) is 2.64. The van der Waals surface area contributed by atoms with Crippen molar-refractivity contribution in [2.24, 2.45) is 5.84 Å². The van der Waals surface area contributed by atoms with Gasteiger partial charge in [-0.25, -0.2) is 15.8 Å². The number of hydrazine groups is 1. The number of hydrogen-bond acceptors (Lipinski definition) is 5. The summed E-state index contributed by atoms with van der Waals surface area (Å²) in [5.41, 5.74) is 3.28. The summed E-state index contributed by atoms with van der Waals surface area (Å²) in [6, 6.07) is 8.23. The largest absolute Gasteiger partial charge is 0.315 e. The van der Waals surface area contributed by atoms with Gasteiger partial charge in [-0.1, -0.05) is 18.2 Å². The van der Waals surface area contributed by atoms with Gasteiger partial charge >= 0.3 is 0 Å². The zero-order valence-corrected chi connectivity index (χ0v) is 10.4. The molecule has 3 rings (SSSR count). The molecule has 1 atom stereocenters. The van der Waals surface area contributed by atoms with Crippen LogP contribution in [0.15, 0.2) is 36.8 Å². The first-order chi connectivity index (χ1) is 8.70. The minimum atomic E-state index is 0.0257. The van der Waals surface area contributed by atoms with E-state index >= 15 is 0 Å². The van der Waals surface area contributed by atoms with Crippen LogP contribution in [0.2, 0.25) is 0 Å². The molecule has 1 aliphatic rings. The van der Waals surface area contributed by atoms with E-state index in [2.05, 4.69) is 33.9 Å².